The standard InChI is InChI=1S/C20H23NO5/c1-4-9-26-12-18(20(23)24)21-19(22)13(2)14-5-6-16-11-17(25-3)8-7-15(16)10-14/h4-8,10-11,13,18H,1,9,12H2,2-3H3,(H,21,22)(H,23,24)/t13-,18?/m0/s1. The fourth-order valence-corrected chi connectivity index (χ4v) is 2.53. The van der Waals surface area contributed by atoms with Crippen LogP contribution >= 0.6 is 0 Å². The highest BCUT2D eigenvalue weighted by Crippen LogP contribution is 2.25. The smallest absolute Gasteiger partial charge is 0.328 e. The Bertz CT molecular complexity index is 802. The van der Waals surface area contributed by atoms with E-state index in [1.54, 1.807) is 14.0 Å². The SMILES string of the molecule is C=CCOCC(NC(=O)[C@@H](C)c1ccc2cc(OC)ccc2c1)C(=O)O. The molecule has 2 N–H and O–H groups in total. The number of fused-ring (bicyclic) bond motifs is 1. The lowest BCUT2D eigenvalue weighted by molar-refractivity contribution is -0.143. The Balaban J connectivity index is 2.12. The van der Waals surface area contributed by atoms with E-state index in [0.717, 1.165) is 22.1 Å². The summed E-state index contributed by atoms with van der Waals surface area (Å²) in [7, 11) is 1.61. The Morgan fingerprint density at radius 2 is 1.92 bits per heavy atom. The average molecular weight is 357 g/mol. The zero-order valence-corrected chi connectivity index (χ0v) is 14.9. The highest BCUT2D eigenvalue weighted by Gasteiger charge is 2.24. The number of methoxy groups -OCH3 is 1. The van der Waals surface area contributed by atoms with Crippen molar-refractivity contribution >= 4 is 22.6 Å². The van der Waals surface area contributed by atoms with Crippen molar-refractivity contribution < 1.29 is 24.2 Å². The van der Waals surface area contributed by atoms with E-state index in [0.29, 0.717) is 0 Å². The van der Waals surface area contributed by atoms with Gasteiger partial charge in [0, 0.05) is 0 Å². The summed E-state index contributed by atoms with van der Waals surface area (Å²) in [6.07, 6.45) is 1.52. The Hall–Kier alpha value is -2.86. The summed E-state index contributed by atoms with van der Waals surface area (Å²) in [6.45, 7) is 5.35. The van der Waals surface area contributed by atoms with Gasteiger partial charge in [0.2, 0.25) is 5.91 Å². The normalized spacial score (nSPS) is 13.0. The first kappa shape index (κ1) is 19.5. The fourth-order valence-electron chi connectivity index (χ4n) is 2.53. The van der Waals surface area contributed by atoms with Crippen LogP contribution in [0.1, 0.15) is 18.4 Å². The molecule has 0 aliphatic rings. The third-order valence-electron chi connectivity index (χ3n) is 4.10. The number of carbonyl (C=O) groups excluding carboxylic acids is 1. The van der Waals surface area contributed by atoms with Gasteiger partial charge in [0.25, 0.3) is 0 Å². The number of benzene rings is 2. The number of carboxylic acid groups (broad SMARTS) is 1. The van der Waals surface area contributed by atoms with Gasteiger partial charge >= 0.3 is 5.97 Å². The number of hydrogen-bond acceptors (Lipinski definition) is 4. The van der Waals surface area contributed by atoms with E-state index in [1.807, 2.05) is 36.4 Å². The van der Waals surface area contributed by atoms with Gasteiger partial charge < -0.3 is 19.9 Å². The second kappa shape index (κ2) is 9.01. The minimum absolute atomic E-state index is 0.114. The van der Waals surface area contributed by atoms with Gasteiger partial charge in [0.1, 0.15) is 5.75 Å². The van der Waals surface area contributed by atoms with Gasteiger partial charge in [-0.25, -0.2) is 4.79 Å². The van der Waals surface area contributed by atoms with Crippen molar-refractivity contribution in [2.24, 2.45) is 0 Å². The summed E-state index contributed by atoms with van der Waals surface area (Å²) in [5.74, 6) is -1.24. The van der Waals surface area contributed by atoms with Crippen LogP contribution in [-0.4, -0.2) is 43.3 Å². The van der Waals surface area contributed by atoms with Crippen molar-refractivity contribution in [3.8, 4) is 5.75 Å². The molecule has 138 valence electrons. The number of amides is 1. The number of rotatable bonds is 9. The molecule has 0 spiro atoms. The van der Waals surface area contributed by atoms with Crippen LogP contribution in [0.5, 0.6) is 5.75 Å². The van der Waals surface area contributed by atoms with Crippen LogP contribution < -0.4 is 10.1 Å². The monoisotopic (exact) mass is 357 g/mol. The summed E-state index contributed by atoms with van der Waals surface area (Å²) < 4.78 is 10.4. The molecule has 0 aromatic heterocycles. The molecule has 2 aromatic rings. The second-order valence-corrected chi connectivity index (χ2v) is 5.92. The van der Waals surface area contributed by atoms with Gasteiger partial charge in [-0.15, -0.1) is 6.58 Å². The van der Waals surface area contributed by atoms with E-state index in [2.05, 4.69) is 11.9 Å². The molecule has 0 fully saturated rings. The highest BCUT2D eigenvalue weighted by atomic mass is 16.5. The quantitative estimate of drug-likeness (QED) is 0.532. The number of nitrogens with one attached hydrogen (secondary N) is 1. The Kier molecular flexibility index (Phi) is 6.74. The number of aliphatic carboxylic acids is 1. The summed E-state index contributed by atoms with van der Waals surface area (Å²) in [5.41, 5.74) is 0.802. The number of carbonyl (C=O) groups is 2. The average Bonchev–Trinajstić information content (AvgIpc) is 2.65. The predicted molar refractivity (Wildman–Crippen MR) is 99.5 cm³/mol. The first-order valence-corrected chi connectivity index (χ1v) is 8.25. The molecule has 0 bridgehead atoms. The van der Waals surface area contributed by atoms with Gasteiger partial charge in [-0.2, -0.15) is 0 Å². The number of hydrogen-bond donors (Lipinski definition) is 2. The molecular weight excluding hydrogens is 334 g/mol. The van der Waals surface area contributed by atoms with Crippen LogP contribution in [0, 0.1) is 0 Å². The first-order chi connectivity index (χ1) is 12.5. The zero-order valence-electron chi connectivity index (χ0n) is 14.9. The molecule has 2 atom stereocenters. The number of ether oxygens (including phenoxy) is 2. The topological polar surface area (TPSA) is 84.9 Å². The summed E-state index contributed by atoms with van der Waals surface area (Å²) in [5, 5.41) is 13.7. The van der Waals surface area contributed by atoms with Crippen LogP contribution in [0.25, 0.3) is 10.8 Å². The van der Waals surface area contributed by atoms with Crippen molar-refractivity contribution in [1.29, 1.82) is 0 Å². The van der Waals surface area contributed by atoms with Crippen molar-refractivity contribution in [2.75, 3.05) is 20.3 Å². The molecule has 2 aromatic carbocycles. The summed E-state index contributed by atoms with van der Waals surface area (Å²) in [4.78, 5) is 23.7. The van der Waals surface area contributed by atoms with Gasteiger partial charge in [-0.3, -0.25) is 4.79 Å². The zero-order chi connectivity index (χ0) is 19.1. The molecule has 0 aliphatic carbocycles. The lowest BCUT2D eigenvalue weighted by atomic mass is 9.96. The van der Waals surface area contributed by atoms with Crippen LogP contribution in [0.15, 0.2) is 49.1 Å². The van der Waals surface area contributed by atoms with Gasteiger partial charge in [-0.05, 0) is 35.4 Å². The van der Waals surface area contributed by atoms with Crippen molar-refractivity contribution in [3.63, 3.8) is 0 Å². The number of carboxylic acids is 1. The van der Waals surface area contributed by atoms with Gasteiger partial charge in [0.15, 0.2) is 6.04 Å². The molecule has 6 heteroatoms. The van der Waals surface area contributed by atoms with Crippen molar-refractivity contribution in [3.05, 3.63) is 54.6 Å². The van der Waals surface area contributed by atoms with E-state index in [1.165, 1.54) is 6.08 Å². The minimum Gasteiger partial charge on any atom is -0.497 e. The molecule has 0 radical (unpaired) electrons. The molecule has 1 unspecified atom stereocenters. The van der Waals surface area contributed by atoms with Crippen LogP contribution in [0.4, 0.5) is 0 Å². The molecule has 1 amide bonds. The van der Waals surface area contributed by atoms with E-state index < -0.39 is 17.9 Å². The van der Waals surface area contributed by atoms with E-state index in [-0.39, 0.29) is 19.1 Å². The Morgan fingerprint density at radius 1 is 1.23 bits per heavy atom. The van der Waals surface area contributed by atoms with Gasteiger partial charge in [-0.1, -0.05) is 30.3 Å². The minimum atomic E-state index is -1.14. The first-order valence-electron chi connectivity index (χ1n) is 8.25. The fraction of sp³-hybridized carbons (Fsp3) is 0.300. The molecule has 0 saturated carbocycles. The maximum Gasteiger partial charge on any atom is 0.328 e. The second-order valence-electron chi connectivity index (χ2n) is 5.92. The molecule has 0 saturated heterocycles. The Labute approximate surface area is 152 Å². The lowest BCUT2D eigenvalue weighted by Gasteiger charge is -2.18. The summed E-state index contributed by atoms with van der Waals surface area (Å²) in [6, 6.07) is 10.3. The third-order valence-corrected chi connectivity index (χ3v) is 4.10. The van der Waals surface area contributed by atoms with Crippen molar-refractivity contribution in [2.45, 2.75) is 18.9 Å². The van der Waals surface area contributed by atoms with E-state index in [4.69, 9.17) is 9.47 Å². The van der Waals surface area contributed by atoms with E-state index in [9.17, 15) is 14.7 Å². The van der Waals surface area contributed by atoms with Crippen LogP contribution in [0.2, 0.25) is 0 Å². The maximum atomic E-state index is 12.5. The molecule has 26 heavy (non-hydrogen) atoms. The molecule has 2 rings (SSSR count). The van der Waals surface area contributed by atoms with Crippen LogP contribution in [0.3, 0.4) is 0 Å². The van der Waals surface area contributed by atoms with Crippen molar-refractivity contribution in [1.82, 2.24) is 5.32 Å². The van der Waals surface area contributed by atoms with Crippen LogP contribution in [-0.2, 0) is 14.3 Å². The molecule has 0 heterocycles. The Morgan fingerprint density at radius 3 is 2.58 bits per heavy atom. The molecule has 0 aliphatic heterocycles. The lowest BCUT2D eigenvalue weighted by Crippen LogP contribution is -2.45. The third kappa shape index (κ3) is 4.83. The predicted octanol–water partition coefficient (Wildman–Crippen LogP) is 2.72. The molecular formula is C20H23NO5. The van der Waals surface area contributed by atoms with Gasteiger partial charge in [0.05, 0.1) is 26.2 Å². The maximum absolute atomic E-state index is 12.5. The highest BCUT2D eigenvalue weighted by molar-refractivity contribution is 5.90. The van der Waals surface area contributed by atoms with E-state index >= 15 is 0 Å². The molecule has 6 nitrogen and oxygen atoms in total. The largest absolute Gasteiger partial charge is 0.497 e. The summed E-state index contributed by atoms with van der Waals surface area (Å²) >= 11 is 0.